The lowest BCUT2D eigenvalue weighted by Gasteiger charge is -2.14. The van der Waals surface area contributed by atoms with Gasteiger partial charge in [0, 0.05) is 4.47 Å². The van der Waals surface area contributed by atoms with E-state index in [0.29, 0.717) is 21.7 Å². The van der Waals surface area contributed by atoms with E-state index in [4.69, 9.17) is 14.2 Å². The molecule has 0 saturated heterocycles. The Morgan fingerprint density at radius 2 is 1.83 bits per heavy atom. The Bertz CT molecular complexity index is 686. The van der Waals surface area contributed by atoms with E-state index in [9.17, 15) is 9.18 Å². The first kappa shape index (κ1) is 17.1. The van der Waals surface area contributed by atoms with Gasteiger partial charge in [-0.3, -0.25) is 4.79 Å². The molecule has 1 N–H and O–H groups in total. The summed E-state index contributed by atoms with van der Waals surface area (Å²) in [5.74, 6) is 0.143. The predicted octanol–water partition coefficient (Wildman–Crippen LogP) is 3.62. The van der Waals surface area contributed by atoms with Crippen molar-refractivity contribution in [3.05, 3.63) is 46.7 Å². The lowest BCUT2D eigenvalue weighted by atomic mass is 10.3. The van der Waals surface area contributed by atoms with Crippen LogP contribution in [0.25, 0.3) is 0 Å². The second kappa shape index (κ2) is 7.82. The lowest BCUT2D eigenvalue weighted by Crippen LogP contribution is -2.21. The maximum Gasteiger partial charge on any atom is 0.262 e. The molecule has 2 rings (SSSR count). The van der Waals surface area contributed by atoms with E-state index in [1.165, 1.54) is 26.4 Å². The Labute approximate surface area is 141 Å². The second-order valence-corrected chi connectivity index (χ2v) is 5.37. The van der Waals surface area contributed by atoms with Crippen molar-refractivity contribution in [3.63, 3.8) is 0 Å². The van der Waals surface area contributed by atoms with Crippen molar-refractivity contribution in [2.45, 2.75) is 0 Å². The SMILES string of the molecule is COc1cccc(OC)c1OCC(=O)Nc1ccc(Br)cc1F. The molecule has 0 aliphatic heterocycles. The van der Waals surface area contributed by atoms with Crippen LogP contribution < -0.4 is 19.5 Å². The van der Waals surface area contributed by atoms with Gasteiger partial charge >= 0.3 is 0 Å². The standard InChI is InChI=1S/C16H15BrFNO4/c1-21-13-4-3-5-14(22-2)16(13)23-9-15(20)19-12-7-6-10(17)8-11(12)18/h3-8H,9H2,1-2H3,(H,19,20). The average Bonchev–Trinajstić information content (AvgIpc) is 2.55. The molecule has 0 radical (unpaired) electrons. The first-order valence-corrected chi connectivity index (χ1v) is 7.43. The highest BCUT2D eigenvalue weighted by Crippen LogP contribution is 2.36. The smallest absolute Gasteiger partial charge is 0.262 e. The molecule has 0 atom stereocenters. The molecule has 0 bridgehead atoms. The topological polar surface area (TPSA) is 56.8 Å². The lowest BCUT2D eigenvalue weighted by molar-refractivity contribution is -0.118. The number of hydrogen-bond acceptors (Lipinski definition) is 4. The number of halogens is 2. The Balaban J connectivity index is 2.05. The fourth-order valence-electron chi connectivity index (χ4n) is 1.87. The summed E-state index contributed by atoms with van der Waals surface area (Å²) in [5.41, 5.74) is 0.0776. The third-order valence-electron chi connectivity index (χ3n) is 2.94. The molecule has 1 amide bonds. The largest absolute Gasteiger partial charge is 0.493 e. The summed E-state index contributed by atoms with van der Waals surface area (Å²) >= 11 is 3.15. The number of nitrogens with one attached hydrogen (secondary N) is 1. The quantitative estimate of drug-likeness (QED) is 0.827. The van der Waals surface area contributed by atoms with Crippen molar-refractivity contribution in [1.29, 1.82) is 0 Å². The molecule has 122 valence electrons. The number of anilines is 1. The molecule has 7 heteroatoms. The van der Waals surface area contributed by atoms with Gasteiger partial charge in [0.25, 0.3) is 5.91 Å². The van der Waals surface area contributed by atoms with Crippen LogP contribution in [0.15, 0.2) is 40.9 Å². The minimum atomic E-state index is -0.539. The third-order valence-corrected chi connectivity index (χ3v) is 3.43. The number of carbonyl (C=O) groups excluding carboxylic acids is 1. The Hall–Kier alpha value is -2.28. The van der Waals surface area contributed by atoms with E-state index in [-0.39, 0.29) is 12.3 Å². The van der Waals surface area contributed by atoms with Crippen LogP contribution >= 0.6 is 15.9 Å². The summed E-state index contributed by atoms with van der Waals surface area (Å²) in [6.07, 6.45) is 0. The zero-order valence-corrected chi connectivity index (χ0v) is 14.1. The fourth-order valence-corrected chi connectivity index (χ4v) is 2.21. The molecule has 0 unspecified atom stereocenters. The molecule has 0 aliphatic rings. The van der Waals surface area contributed by atoms with Crippen LogP contribution in [-0.4, -0.2) is 26.7 Å². The molecule has 2 aromatic rings. The maximum atomic E-state index is 13.7. The number of amides is 1. The van der Waals surface area contributed by atoms with E-state index in [0.717, 1.165) is 0 Å². The number of methoxy groups -OCH3 is 2. The first-order valence-electron chi connectivity index (χ1n) is 6.64. The number of carbonyl (C=O) groups is 1. The van der Waals surface area contributed by atoms with E-state index < -0.39 is 11.7 Å². The van der Waals surface area contributed by atoms with Gasteiger partial charge in [-0.15, -0.1) is 0 Å². The molecule has 0 aromatic heterocycles. The van der Waals surface area contributed by atoms with Gasteiger partial charge in [-0.2, -0.15) is 0 Å². The highest BCUT2D eigenvalue weighted by atomic mass is 79.9. The minimum Gasteiger partial charge on any atom is -0.493 e. The summed E-state index contributed by atoms with van der Waals surface area (Å²) < 4.78 is 30.1. The highest BCUT2D eigenvalue weighted by Gasteiger charge is 2.14. The van der Waals surface area contributed by atoms with Gasteiger partial charge in [0.05, 0.1) is 19.9 Å². The van der Waals surface area contributed by atoms with E-state index in [1.54, 1.807) is 24.3 Å². The normalized spacial score (nSPS) is 10.1. The Morgan fingerprint density at radius 1 is 1.17 bits per heavy atom. The molecule has 0 spiro atoms. The molecule has 0 aliphatic carbocycles. The first-order chi connectivity index (χ1) is 11.0. The van der Waals surface area contributed by atoms with Crippen molar-refractivity contribution in [2.24, 2.45) is 0 Å². The van der Waals surface area contributed by atoms with Crippen LogP contribution in [0.2, 0.25) is 0 Å². The predicted molar refractivity (Wildman–Crippen MR) is 87.8 cm³/mol. The molecule has 23 heavy (non-hydrogen) atoms. The zero-order chi connectivity index (χ0) is 16.8. The van der Waals surface area contributed by atoms with Crippen LogP contribution in [0, 0.1) is 5.82 Å². The molecule has 0 heterocycles. The van der Waals surface area contributed by atoms with Gasteiger partial charge in [-0.1, -0.05) is 22.0 Å². The summed E-state index contributed by atoms with van der Waals surface area (Å²) in [5, 5.41) is 2.44. The number of rotatable bonds is 6. The van der Waals surface area contributed by atoms with Gasteiger partial charge in [0.2, 0.25) is 5.75 Å². The summed E-state index contributed by atoms with van der Waals surface area (Å²) in [6.45, 7) is -0.313. The van der Waals surface area contributed by atoms with E-state index in [2.05, 4.69) is 21.2 Å². The molecule has 5 nitrogen and oxygen atoms in total. The van der Waals surface area contributed by atoms with Crippen LogP contribution in [0.4, 0.5) is 10.1 Å². The fraction of sp³-hybridized carbons (Fsp3) is 0.188. The van der Waals surface area contributed by atoms with Crippen LogP contribution in [0.5, 0.6) is 17.2 Å². The van der Waals surface area contributed by atoms with Crippen molar-refractivity contribution < 1.29 is 23.4 Å². The Morgan fingerprint density at radius 3 is 2.39 bits per heavy atom. The van der Waals surface area contributed by atoms with Gasteiger partial charge in [-0.25, -0.2) is 4.39 Å². The Kier molecular flexibility index (Phi) is 5.81. The number of benzene rings is 2. The second-order valence-electron chi connectivity index (χ2n) is 4.45. The van der Waals surface area contributed by atoms with Gasteiger partial charge < -0.3 is 19.5 Å². The monoisotopic (exact) mass is 383 g/mol. The van der Waals surface area contributed by atoms with Crippen molar-refractivity contribution in [2.75, 3.05) is 26.1 Å². The minimum absolute atomic E-state index is 0.0776. The van der Waals surface area contributed by atoms with Gasteiger partial charge in [0.1, 0.15) is 5.82 Å². The highest BCUT2D eigenvalue weighted by molar-refractivity contribution is 9.10. The third kappa shape index (κ3) is 4.35. The van der Waals surface area contributed by atoms with Crippen molar-refractivity contribution in [1.82, 2.24) is 0 Å². The van der Waals surface area contributed by atoms with Crippen molar-refractivity contribution >= 4 is 27.5 Å². The van der Waals surface area contributed by atoms with Gasteiger partial charge in [-0.05, 0) is 30.3 Å². The average molecular weight is 384 g/mol. The molecule has 2 aromatic carbocycles. The number of ether oxygens (including phenoxy) is 3. The summed E-state index contributed by atoms with van der Waals surface area (Å²) in [6, 6.07) is 9.46. The molecular formula is C16H15BrFNO4. The van der Waals surface area contributed by atoms with E-state index >= 15 is 0 Å². The van der Waals surface area contributed by atoms with Crippen LogP contribution in [-0.2, 0) is 4.79 Å². The maximum absolute atomic E-state index is 13.7. The van der Waals surface area contributed by atoms with E-state index in [1.807, 2.05) is 0 Å². The van der Waals surface area contributed by atoms with Gasteiger partial charge in [0.15, 0.2) is 18.1 Å². The number of hydrogen-bond donors (Lipinski definition) is 1. The van der Waals surface area contributed by atoms with Crippen LogP contribution in [0.1, 0.15) is 0 Å². The zero-order valence-electron chi connectivity index (χ0n) is 12.6. The van der Waals surface area contributed by atoms with Crippen LogP contribution in [0.3, 0.4) is 0 Å². The molecule has 0 saturated carbocycles. The molecule has 0 fully saturated rings. The van der Waals surface area contributed by atoms with Crippen molar-refractivity contribution in [3.8, 4) is 17.2 Å². The number of para-hydroxylation sites is 1. The summed E-state index contributed by atoms with van der Waals surface area (Å²) in [4.78, 5) is 11.9. The summed E-state index contributed by atoms with van der Waals surface area (Å²) in [7, 11) is 2.97. The molecular weight excluding hydrogens is 369 g/mol.